The van der Waals surface area contributed by atoms with Gasteiger partial charge in [-0.2, -0.15) is 4.57 Å². The van der Waals surface area contributed by atoms with Gasteiger partial charge in [0.15, 0.2) is 0 Å². The molecule has 0 fully saturated rings. The number of aromatic nitrogens is 2. The minimum absolute atomic E-state index is 1.14. The van der Waals surface area contributed by atoms with Crippen molar-refractivity contribution in [1.29, 1.82) is 0 Å². The van der Waals surface area contributed by atoms with Crippen molar-refractivity contribution in [3.63, 3.8) is 0 Å². The molecule has 2 rings (SSSR count). The standard InChI is InChI=1S/C29H49N2/c1-3-5-6-7-8-9-10-11-12-13-14-15-16-17-21-25-30-26-27-31(29(30)22-4-2)28-23-19-18-20-24-28/h18-20,23-24,26-27H,3-17,21-22,25H2,1-2H3/q+1. The molecule has 2 nitrogen and oxygen atoms in total. The van der Waals surface area contributed by atoms with Crippen LogP contribution >= 0.6 is 0 Å². The van der Waals surface area contributed by atoms with Crippen molar-refractivity contribution in [2.24, 2.45) is 0 Å². The van der Waals surface area contributed by atoms with E-state index < -0.39 is 0 Å². The van der Waals surface area contributed by atoms with Gasteiger partial charge in [0.05, 0.1) is 6.54 Å². The molecule has 1 aromatic heterocycles. The van der Waals surface area contributed by atoms with E-state index in [0.717, 1.165) is 13.0 Å². The van der Waals surface area contributed by atoms with Crippen LogP contribution in [0.15, 0.2) is 42.7 Å². The average Bonchev–Trinajstić information content (AvgIpc) is 3.20. The van der Waals surface area contributed by atoms with Crippen molar-refractivity contribution in [2.45, 2.75) is 130 Å². The molecule has 0 saturated carbocycles. The molecule has 0 atom stereocenters. The van der Waals surface area contributed by atoms with Gasteiger partial charge in [-0.15, -0.1) is 0 Å². The maximum absolute atomic E-state index is 2.48. The summed E-state index contributed by atoms with van der Waals surface area (Å²) >= 11 is 0. The van der Waals surface area contributed by atoms with Crippen LogP contribution in [0.2, 0.25) is 0 Å². The van der Waals surface area contributed by atoms with Gasteiger partial charge in [0.25, 0.3) is 5.82 Å². The third-order valence-corrected chi connectivity index (χ3v) is 6.52. The molecule has 1 heterocycles. The summed E-state index contributed by atoms with van der Waals surface area (Å²) in [4.78, 5) is 0. The third-order valence-electron chi connectivity index (χ3n) is 6.52. The monoisotopic (exact) mass is 425 g/mol. The topological polar surface area (TPSA) is 8.81 Å². The molecule has 0 saturated heterocycles. The van der Waals surface area contributed by atoms with Crippen LogP contribution in [0.1, 0.15) is 122 Å². The molecule has 0 radical (unpaired) electrons. The summed E-state index contributed by atoms with van der Waals surface area (Å²) in [6, 6.07) is 10.8. The molecule has 0 spiro atoms. The Kier molecular flexibility index (Phi) is 14.1. The highest BCUT2D eigenvalue weighted by atomic mass is 15.1. The van der Waals surface area contributed by atoms with Crippen LogP contribution in [0.5, 0.6) is 0 Å². The van der Waals surface area contributed by atoms with E-state index in [1.165, 1.54) is 114 Å². The van der Waals surface area contributed by atoms with Crippen LogP contribution in [0.3, 0.4) is 0 Å². The number of hydrogen-bond acceptors (Lipinski definition) is 0. The van der Waals surface area contributed by atoms with Gasteiger partial charge in [-0.3, -0.25) is 0 Å². The fraction of sp³-hybridized carbons (Fsp3) is 0.690. The first-order valence-electron chi connectivity index (χ1n) is 13.5. The van der Waals surface area contributed by atoms with E-state index in [9.17, 15) is 0 Å². The van der Waals surface area contributed by atoms with E-state index in [-0.39, 0.29) is 0 Å². The van der Waals surface area contributed by atoms with Crippen molar-refractivity contribution in [3.05, 3.63) is 48.5 Å². The minimum Gasteiger partial charge on any atom is -0.234 e. The second-order valence-electron chi connectivity index (χ2n) is 9.31. The Morgan fingerprint density at radius 3 is 1.65 bits per heavy atom. The summed E-state index contributed by atoms with van der Waals surface area (Å²) < 4.78 is 4.85. The zero-order chi connectivity index (χ0) is 22.0. The first kappa shape index (κ1) is 25.7. The molecule has 0 aliphatic rings. The molecule has 0 aliphatic carbocycles. The smallest absolute Gasteiger partial charge is 0.234 e. The van der Waals surface area contributed by atoms with Gasteiger partial charge >= 0.3 is 0 Å². The fourth-order valence-corrected chi connectivity index (χ4v) is 4.63. The SMILES string of the molecule is CCCCCCCCCCCCCCCCC[n+]1ccn(-c2ccccc2)c1CCC. The lowest BCUT2D eigenvalue weighted by Crippen LogP contribution is -2.37. The number of rotatable bonds is 19. The highest BCUT2D eigenvalue weighted by Crippen LogP contribution is 2.14. The molecule has 174 valence electrons. The quantitative estimate of drug-likeness (QED) is 0.157. The van der Waals surface area contributed by atoms with Gasteiger partial charge < -0.3 is 0 Å². The summed E-state index contributed by atoms with van der Waals surface area (Å²) in [7, 11) is 0. The molecule has 2 heteroatoms. The molecule has 31 heavy (non-hydrogen) atoms. The molecular weight excluding hydrogens is 376 g/mol. The van der Waals surface area contributed by atoms with Crippen molar-refractivity contribution >= 4 is 0 Å². The number of aryl methyl sites for hydroxylation is 1. The van der Waals surface area contributed by atoms with Crippen LogP contribution < -0.4 is 4.57 Å². The van der Waals surface area contributed by atoms with E-state index in [1.807, 2.05) is 0 Å². The minimum atomic E-state index is 1.14. The largest absolute Gasteiger partial charge is 0.261 e. The highest BCUT2D eigenvalue weighted by Gasteiger charge is 2.17. The van der Waals surface area contributed by atoms with E-state index in [0.29, 0.717) is 0 Å². The summed E-state index contributed by atoms with van der Waals surface area (Å²) in [6.07, 6.45) is 28.3. The molecule has 1 aromatic carbocycles. The summed E-state index contributed by atoms with van der Waals surface area (Å²) in [5, 5.41) is 0. The Labute approximate surface area is 193 Å². The van der Waals surface area contributed by atoms with Crippen molar-refractivity contribution in [2.75, 3.05) is 0 Å². The lowest BCUT2D eigenvalue weighted by molar-refractivity contribution is -0.704. The van der Waals surface area contributed by atoms with E-state index in [1.54, 1.807) is 0 Å². The molecule has 0 amide bonds. The maximum atomic E-state index is 2.48. The Morgan fingerprint density at radius 1 is 0.613 bits per heavy atom. The number of hydrogen-bond donors (Lipinski definition) is 0. The Morgan fingerprint density at radius 2 is 1.13 bits per heavy atom. The molecule has 0 unspecified atom stereocenters. The first-order valence-corrected chi connectivity index (χ1v) is 13.5. The second-order valence-corrected chi connectivity index (χ2v) is 9.31. The zero-order valence-corrected chi connectivity index (χ0v) is 20.7. The molecular formula is C29H49N2+. The molecule has 2 aromatic rings. The number of benzene rings is 1. The molecule has 0 N–H and O–H groups in total. The first-order chi connectivity index (χ1) is 15.4. The zero-order valence-electron chi connectivity index (χ0n) is 20.7. The van der Waals surface area contributed by atoms with Crippen LogP contribution in [0.25, 0.3) is 5.69 Å². The van der Waals surface area contributed by atoms with Crippen molar-refractivity contribution in [1.82, 2.24) is 4.57 Å². The second kappa shape index (κ2) is 17.0. The van der Waals surface area contributed by atoms with Crippen molar-refractivity contribution < 1.29 is 4.57 Å². The highest BCUT2D eigenvalue weighted by molar-refractivity contribution is 5.31. The lowest BCUT2D eigenvalue weighted by atomic mass is 10.0. The summed E-state index contributed by atoms with van der Waals surface area (Å²) in [6.45, 7) is 5.74. The lowest BCUT2D eigenvalue weighted by Gasteiger charge is -2.05. The number of nitrogens with zero attached hydrogens (tertiary/aromatic N) is 2. The van der Waals surface area contributed by atoms with Gasteiger partial charge in [0.1, 0.15) is 18.1 Å². The van der Waals surface area contributed by atoms with Gasteiger partial charge in [-0.1, -0.05) is 116 Å². The Balaban J connectivity index is 1.51. The Hall–Kier alpha value is -1.57. The fourth-order valence-electron chi connectivity index (χ4n) is 4.63. The van der Waals surface area contributed by atoms with Gasteiger partial charge in [0, 0.05) is 6.42 Å². The number of imidazole rings is 1. The number of para-hydroxylation sites is 1. The van der Waals surface area contributed by atoms with Crippen LogP contribution in [-0.2, 0) is 13.0 Å². The normalized spacial score (nSPS) is 11.3. The summed E-state index contributed by atoms with van der Waals surface area (Å²) in [5.41, 5.74) is 1.28. The maximum Gasteiger partial charge on any atom is 0.261 e. The van der Waals surface area contributed by atoms with Gasteiger partial charge in [0.2, 0.25) is 0 Å². The van der Waals surface area contributed by atoms with E-state index in [2.05, 4.69) is 65.7 Å². The molecule has 0 bridgehead atoms. The van der Waals surface area contributed by atoms with Crippen molar-refractivity contribution in [3.8, 4) is 5.69 Å². The summed E-state index contributed by atoms with van der Waals surface area (Å²) in [5.74, 6) is 1.44. The Bertz CT molecular complexity index is 659. The predicted molar refractivity (Wildman–Crippen MR) is 135 cm³/mol. The van der Waals surface area contributed by atoms with Crippen LogP contribution in [0, 0.1) is 0 Å². The predicted octanol–water partition coefficient (Wildman–Crippen LogP) is 8.59. The van der Waals surface area contributed by atoms with Gasteiger partial charge in [-0.05, 0) is 31.4 Å². The average molecular weight is 426 g/mol. The van der Waals surface area contributed by atoms with Crippen LogP contribution in [-0.4, -0.2) is 4.57 Å². The van der Waals surface area contributed by atoms with E-state index in [4.69, 9.17) is 0 Å². The van der Waals surface area contributed by atoms with E-state index >= 15 is 0 Å². The van der Waals surface area contributed by atoms with Crippen LogP contribution in [0.4, 0.5) is 0 Å². The number of unbranched alkanes of at least 4 members (excludes halogenated alkanes) is 14. The third kappa shape index (κ3) is 10.5. The van der Waals surface area contributed by atoms with Gasteiger partial charge in [-0.25, -0.2) is 4.57 Å². The molecule has 0 aliphatic heterocycles.